The van der Waals surface area contributed by atoms with Crippen molar-refractivity contribution >= 4 is 10.8 Å². The van der Waals surface area contributed by atoms with Gasteiger partial charge in [0.2, 0.25) is 0 Å². The first-order chi connectivity index (χ1) is 11.3. The monoisotopic (exact) mass is 298 g/mol. The normalized spacial score (nSPS) is 10.8. The summed E-state index contributed by atoms with van der Waals surface area (Å²) in [5.74, 6) is 0. The molecule has 0 fully saturated rings. The molecule has 0 unspecified atom stereocenters. The molecule has 3 heteroatoms. The van der Waals surface area contributed by atoms with Crippen LogP contribution in [0.5, 0.6) is 0 Å². The predicted octanol–water partition coefficient (Wildman–Crippen LogP) is 4.05. The van der Waals surface area contributed by atoms with Crippen LogP contribution in [0.1, 0.15) is 0 Å². The first-order valence-corrected chi connectivity index (χ1v) is 7.47. The lowest BCUT2D eigenvalue weighted by molar-refractivity contribution is 0.813. The molecule has 0 saturated carbocycles. The van der Waals surface area contributed by atoms with Crippen LogP contribution in [0.25, 0.3) is 27.7 Å². The van der Waals surface area contributed by atoms with E-state index in [0.29, 0.717) is 0 Å². The van der Waals surface area contributed by atoms with Crippen molar-refractivity contribution in [1.29, 1.82) is 0 Å². The lowest BCUT2D eigenvalue weighted by Gasteiger charge is -2.09. The van der Waals surface area contributed by atoms with Gasteiger partial charge in [-0.25, -0.2) is 0 Å². The minimum absolute atomic E-state index is 0.139. The van der Waals surface area contributed by atoms with E-state index in [-0.39, 0.29) is 5.56 Å². The maximum absolute atomic E-state index is 12.2. The number of hydrogen-bond acceptors (Lipinski definition) is 2. The Hall–Kier alpha value is -3.20. The van der Waals surface area contributed by atoms with Gasteiger partial charge < -0.3 is 0 Å². The Balaban J connectivity index is 1.95. The second kappa shape index (κ2) is 5.54. The van der Waals surface area contributed by atoms with E-state index >= 15 is 0 Å². The second-order valence-corrected chi connectivity index (χ2v) is 5.33. The number of fused-ring (bicyclic) bond motifs is 1. The first kappa shape index (κ1) is 13.5. The highest BCUT2D eigenvalue weighted by Gasteiger charge is 2.08. The summed E-state index contributed by atoms with van der Waals surface area (Å²) in [5, 5.41) is 6.85. The van der Waals surface area contributed by atoms with E-state index in [9.17, 15) is 4.79 Å². The third-order valence-corrected chi connectivity index (χ3v) is 3.87. The average molecular weight is 298 g/mol. The van der Waals surface area contributed by atoms with Gasteiger partial charge in [0.25, 0.3) is 5.56 Å². The molecule has 0 aliphatic rings. The van der Waals surface area contributed by atoms with Crippen molar-refractivity contribution < 1.29 is 0 Å². The van der Waals surface area contributed by atoms with Crippen LogP contribution in [-0.4, -0.2) is 9.78 Å². The third kappa shape index (κ3) is 2.42. The smallest absolute Gasteiger partial charge is 0.267 e. The van der Waals surface area contributed by atoms with Crippen molar-refractivity contribution in [2.45, 2.75) is 0 Å². The van der Waals surface area contributed by atoms with Crippen molar-refractivity contribution in [3.63, 3.8) is 0 Å². The molecular weight excluding hydrogens is 284 g/mol. The number of para-hydroxylation sites is 1. The molecule has 0 N–H and O–H groups in total. The van der Waals surface area contributed by atoms with Gasteiger partial charge in [-0.2, -0.15) is 9.78 Å². The first-order valence-electron chi connectivity index (χ1n) is 7.47. The summed E-state index contributed by atoms with van der Waals surface area (Å²) in [5.41, 5.74) is 2.43. The molecule has 0 radical (unpaired) electrons. The van der Waals surface area contributed by atoms with E-state index < -0.39 is 0 Å². The minimum Gasteiger partial charge on any atom is -0.267 e. The molecule has 110 valence electrons. The summed E-state index contributed by atoms with van der Waals surface area (Å²) in [6, 6.07) is 27.1. The maximum atomic E-state index is 12.2. The van der Waals surface area contributed by atoms with Gasteiger partial charge in [-0.3, -0.25) is 4.79 Å². The molecule has 3 nitrogen and oxygen atoms in total. The molecule has 0 saturated heterocycles. The van der Waals surface area contributed by atoms with Crippen molar-refractivity contribution in [2.24, 2.45) is 0 Å². The lowest BCUT2D eigenvalue weighted by atomic mass is 10.0. The van der Waals surface area contributed by atoms with Gasteiger partial charge in [-0.05, 0) is 29.0 Å². The van der Waals surface area contributed by atoms with Crippen molar-refractivity contribution in [1.82, 2.24) is 9.78 Å². The topological polar surface area (TPSA) is 34.9 Å². The highest BCUT2D eigenvalue weighted by Crippen LogP contribution is 2.26. The molecule has 4 aromatic rings. The Labute approximate surface area is 133 Å². The number of benzene rings is 3. The molecule has 0 atom stereocenters. The van der Waals surface area contributed by atoms with Crippen LogP contribution in [0.15, 0.2) is 89.7 Å². The Morgan fingerprint density at radius 1 is 0.696 bits per heavy atom. The van der Waals surface area contributed by atoms with Crippen LogP contribution in [0, 0.1) is 0 Å². The van der Waals surface area contributed by atoms with Crippen LogP contribution in [-0.2, 0) is 0 Å². The SMILES string of the molecule is O=c1ccc(-c2cccc3ccccc23)nn1-c1ccccc1. The summed E-state index contributed by atoms with van der Waals surface area (Å²) in [7, 11) is 0. The molecule has 0 bridgehead atoms. The van der Waals surface area contributed by atoms with Gasteiger partial charge >= 0.3 is 0 Å². The number of aromatic nitrogens is 2. The molecule has 0 aliphatic carbocycles. The molecule has 1 aromatic heterocycles. The van der Waals surface area contributed by atoms with Gasteiger partial charge in [-0.15, -0.1) is 0 Å². The molecule has 23 heavy (non-hydrogen) atoms. The van der Waals surface area contributed by atoms with Crippen LogP contribution < -0.4 is 5.56 Å². The van der Waals surface area contributed by atoms with Crippen LogP contribution >= 0.6 is 0 Å². The van der Waals surface area contributed by atoms with E-state index in [1.54, 1.807) is 12.1 Å². The summed E-state index contributed by atoms with van der Waals surface area (Å²) >= 11 is 0. The molecule has 4 rings (SSSR count). The van der Waals surface area contributed by atoms with Gasteiger partial charge in [-0.1, -0.05) is 60.7 Å². The van der Waals surface area contributed by atoms with Crippen molar-refractivity contribution in [3.8, 4) is 16.9 Å². The second-order valence-electron chi connectivity index (χ2n) is 5.33. The fourth-order valence-electron chi connectivity index (χ4n) is 2.76. The van der Waals surface area contributed by atoms with E-state index in [2.05, 4.69) is 23.3 Å². The fraction of sp³-hybridized carbons (Fsp3) is 0. The van der Waals surface area contributed by atoms with Crippen LogP contribution in [0.2, 0.25) is 0 Å². The molecule has 0 aliphatic heterocycles. The van der Waals surface area contributed by atoms with Crippen molar-refractivity contribution in [2.75, 3.05) is 0 Å². The largest absolute Gasteiger partial charge is 0.271 e. The maximum Gasteiger partial charge on any atom is 0.271 e. The summed E-state index contributed by atoms with van der Waals surface area (Å²) in [6.45, 7) is 0. The van der Waals surface area contributed by atoms with E-state index in [4.69, 9.17) is 0 Å². The van der Waals surface area contributed by atoms with Gasteiger partial charge in [0.15, 0.2) is 0 Å². The van der Waals surface area contributed by atoms with E-state index in [1.807, 2.05) is 54.6 Å². The zero-order valence-electron chi connectivity index (χ0n) is 12.4. The van der Waals surface area contributed by atoms with Gasteiger partial charge in [0, 0.05) is 11.6 Å². The molecular formula is C20H14N2O. The zero-order chi connectivity index (χ0) is 15.6. The summed E-state index contributed by atoms with van der Waals surface area (Å²) in [4.78, 5) is 12.2. The Kier molecular flexibility index (Phi) is 3.24. The highest BCUT2D eigenvalue weighted by atomic mass is 16.1. The predicted molar refractivity (Wildman–Crippen MR) is 92.8 cm³/mol. The van der Waals surface area contributed by atoms with Gasteiger partial charge in [0.05, 0.1) is 11.4 Å². The number of rotatable bonds is 2. The van der Waals surface area contributed by atoms with E-state index in [1.165, 1.54) is 4.68 Å². The molecule has 0 spiro atoms. The standard InChI is InChI=1S/C20H14N2O/c23-20-14-13-19(21-22(20)16-9-2-1-3-10-16)18-12-6-8-15-7-4-5-11-17(15)18/h1-14H. The average Bonchev–Trinajstić information content (AvgIpc) is 2.62. The Morgan fingerprint density at radius 3 is 2.30 bits per heavy atom. The van der Waals surface area contributed by atoms with E-state index in [0.717, 1.165) is 27.7 Å². The Morgan fingerprint density at radius 2 is 1.43 bits per heavy atom. The Bertz CT molecular complexity index is 1030. The van der Waals surface area contributed by atoms with Crippen LogP contribution in [0.3, 0.4) is 0 Å². The zero-order valence-corrected chi connectivity index (χ0v) is 12.4. The number of hydrogen-bond donors (Lipinski definition) is 0. The third-order valence-electron chi connectivity index (χ3n) is 3.87. The lowest BCUT2D eigenvalue weighted by Crippen LogP contribution is -2.20. The van der Waals surface area contributed by atoms with Crippen LogP contribution in [0.4, 0.5) is 0 Å². The summed E-state index contributed by atoms with van der Waals surface area (Å²) in [6.07, 6.45) is 0. The van der Waals surface area contributed by atoms with Crippen molar-refractivity contribution in [3.05, 3.63) is 95.3 Å². The molecule has 1 heterocycles. The summed E-state index contributed by atoms with van der Waals surface area (Å²) < 4.78 is 1.44. The highest BCUT2D eigenvalue weighted by molar-refractivity contribution is 5.95. The molecule has 0 amide bonds. The quantitative estimate of drug-likeness (QED) is 0.559. The number of nitrogens with zero attached hydrogens (tertiary/aromatic N) is 2. The molecule has 3 aromatic carbocycles. The van der Waals surface area contributed by atoms with Gasteiger partial charge in [0.1, 0.15) is 0 Å². The minimum atomic E-state index is -0.139. The fourth-order valence-corrected chi connectivity index (χ4v) is 2.76.